The molecule has 2 aliphatic rings. The van der Waals surface area contributed by atoms with E-state index in [-0.39, 0.29) is 18.0 Å². The van der Waals surface area contributed by atoms with Gasteiger partial charge in [0.25, 0.3) is 5.56 Å². The van der Waals surface area contributed by atoms with Gasteiger partial charge in [-0.25, -0.2) is 4.98 Å². The molecule has 2 bridgehead atoms. The summed E-state index contributed by atoms with van der Waals surface area (Å²) >= 11 is 0. The van der Waals surface area contributed by atoms with Crippen molar-refractivity contribution in [3.8, 4) is 0 Å². The maximum absolute atomic E-state index is 13.0. The van der Waals surface area contributed by atoms with E-state index in [0.29, 0.717) is 12.1 Å². The lowest BCUT2D eigenvalue weighted by Gasteiger charge is -2.27. The second-order valence-corrected chi connectivity index (χ2v) is 7.21. The standard InChI is InChI=1S/C21H21N3O.ClH/c25-21-18-8-4-5-9-19(18)22-20-12-16-10-11-17(14-24(20)21)23(16)13-15-6-2-1-3-7-15;/h1-9,16-17H,10-14H2;1H. The zero-order chi connectivity index (χ0) is 16.8. The first-order valence-electron chi connectivity index (χ1n) is 9.08. The van der Waals surface area contributed by atoms with Gasteiger partial charge in [-0.1, -0.05) is 42.5 Å². The highest BCUT2D eigenvalue weighted by atomic mass is 35.5. The minimum atomic E-state index is 0. The third kappa shape index (κ3) is 2.83. The fourth-order valence-corrected chi connectivity index (χ4v) is 4.46. The minimum absolute atomic E-state index is 0. The fourth-order valence-electron chi connectivity index (χ4n) is 4.46. The molecule has 3 aromatic rings. The van der Waals surface area contributed by atoms with Crippen LogP contribution in [0.4, 0.5) is 0 Å². The zero-order valence-electron chi connectivity index (χ0n) is 14.5. The van der Waals surface area contributed by atoms with Crippen molar-refractivity contribution in [1.29, 1.82) is 0 Å². The molecule has 1 fully saturated rings. The van der Waals surface area contributed by atoms with Crippen LogP contribution in [0.1, 0.15) is 24.2 Å². The molecule has 4 nitrogen and oxygen atoms in total. The lowest BCUT2D eigenvalue weighted by atomic mass is 10.1. The largest absolute Gasteiger partial charge is 0.294 e. The van der Waals surface area contributed by atoms with Crippen molar-refractivity contribution in [3.63, 3.8) is 0 Å². The highest BCUT2D eigenvalue weighted by Gasteiger charge is 2.37. The molecule has 0 N–H and O–H groups in total. The van der Waals surface area contributed by atoms with E-state index in [0.717, 1.165) is 42.7 Å². The van der Waals surface area contributed by atoms with Crippen LogP contribution in [-0.4, -0.2) is 26.5 Å². The van der Waals surface area contributed by atoms with Crippen molar-refractivity contribution < 1.29 is 0 Å². The molecule has 5 heteroatoms. The summed E-state index contributed by atoms with van der Waals surface area (Å²) in [5.41, 5.74) is 2.29. The summed E-state index contributed by atoms with van der Waals surface area (Å²) in [5, 5.41) is 0.735. The Bertz CT molecular complexity index is 985. The second-order valence-electron chi connectivity index (χ2n) is 7.21. The van der Waals surface area contributed by atoms with E-state index in [1.807, 2.05) is 28.8 Å². The Morgan fingerprint density at radius 3 is 2.54 bits per heavy atom. The lowest BCUT2D eigenvalue weighted by Crippen LogP contribution is -2.37. The first-order valence-corrected chi connectivity index (χ1v) is 9.08. The molecule has 26 heavy (non-hydrogen) atoms. The number of nitrogens with zero attached hydrogens (tertiary/aromatic N) is 3. The van der Waals surface area contributed by atoms with Crippen molar-refractivity contribution in [3.05, 3.63) is 76.3 Å². The van der Waals surface area contributed by atoms with Crippen molar-refractivity contribution in [1.82, 2.24) is 14.5 Å². The third-order valence-electron chi connectivity index (χ3n) is 5.73. The van der Waals surface area contributed by atoms with Crippen LogP contribution in [0.25, 0.3) is 10.9 Å². The highest BCUT2D eigenvalue weighted by Crippen LogP contribution is 2.32. The molecule has 134 valence electrons. The van der Waals surface area contributed by atoms with Gasteiger partial charge in [-0.2, -0.15) is 0 Å². The van der Waals surface area contributed by atoms with Gasteiger partial charge in [-0.15, -0.1) is 12.4 Å². The number of hydrogen-bond acceptors (Lipinski definition) is 3. The number of hydrogen-bond donors (Lipinski definition) is 0. The number of fused-ring (bicyclic) bond motifs is 4. The smallest absolute Gasteiger partial charge is 0.261 e. The van der Waals surface area contributed by atoms with Gasteiger partial charge in [-0.05, 0) is 30.5 Å². The number of para-hydroxylation sites is 1. The Morgan fingerprint density at radius 2 is 1.69 bits per heavy atom. The summed E-state index contributed by atoms with van der Waals surface area (Å²) < 4.78 is 1.93. The summed E-state index contributed by atoms with van der Waals surface area (Å²) in [6.07, 6.45) is 3.22. The summed E-state index contributed by atoms with van der Waals surface area (Å²) in [6.45, 7) is 1.72. The SMILES string of the molecule is Cl.O=c1c2ccccc2nc2n1CC1CCC(C2)N1Cc1ccccc1. The predicted molar refractivity (Wildman–Crippen MR) is 106 cm³/mol. The molecule has 0 aliphatic carbocycles. The number of benzene rings is 2. The van der Waals surface area contributed by atoms with E-state index in [9.17, 15) is 4.79 Å². The van der Waals surface area contributed by atoms with Crippen molar-refractivity contribution in [2.75, 3.05) is 0 Å². The van der Waals surface area contributed by atoms with Crippen LogP contribution < -0.4 is 5.56 Å². The monoisotopic (exact) mass is 367 g/mol. The first-order chi connectivity index (χ1) is 12.3. The zero-order valence-corrected chi connectivity index (χ0v) is 15.4. The molecule has 2 unspecified atom stereocenters. The van der Waals surface area contributed by atoms with Crippen LogP contribution in [-0.2, 0) is 19.5 Å². The molecule has 2 atom stereocenters. The van der Waals surface area contributed by atoms with E-state index in [4.69, 9.17) is 4.98 Å². The molecule has 1 aromatic heterocycles. The average molecular weight is 368 g/mol. The lowest BCUT2D eigenvalue weighted by molar-refractivity contribution is 0.180. The average Bonchev–Trinajstić information content (AvgIpc) is 2.92. The molecule has 2 aliphatic heterocycles. The van der Waals surface area contributed by atoms with E-state index in [2.05, 4.69) is 35.2 Å². The van der Waals surface area contributed by atoms with Gasteiger partial charge >= 0.3 is 0 Å². The Kier molecular flexibility index (Phi) is 4.55. The molecule has 2 aromatic carbocycles. The number of halogens is 1. The van der Waals surface area contributed by atoms with Crippen LogP contribution in [0, 0.1) is 0 Å². The topological polar surface area (TPSA) is 38.1 Å². The normalized spacial score (nSPS) is 21.8. The van der Waals surface area contributed by atoms with Crippen LogP contribution in [0.2, 0.25) is 0 Å². The van der Waals surface area contributed by atoms with Gasteiger partial charge in [0.15, 0.2) is 0 Å². The van der Waals surface area contributed by atoms with E-state index >= 15 is 0 Å². The van der Waals surface area contributed by atoms with E-state index < -0.39 is 0 Å². The molecule has 0 radical (unpaired) electrons. The number of rotatable bonds is 2. The molecule has 0 spiro atoms. The van der Waals surface area contributed by atoms with E-state index in [1.165, 1.54) is 12.0 Å². The maximum Gasteiger partial charge on any atom is 0.261 e. The molecular weight excluding hydrogens is 346 g/mol. The summed E-state index contributed by atoms with van der Waals surface area (Å²) in [6, 6.07) is 19.3. The van der Waals surface area contributed by atoms with Gasteiger partial charge in [0.05, 0.1) is 10.9 Å². The molecule has 0 amide bonds. The summed E-state index contributed by atoms with van der Waals surface area (Å²) in [5.74, 6) is 0.953. The van der Waals surface area contributed by atoms with Gasteiger partial charge < -0.3 is 0 Å². The summed E-state index contributed by atoms with van der Waals surface area (Å²) in [4.78, 5) is 20.4. The van der Waals surface area contributed by atoms with Crippen molar-refractivity contribution in [2.24, 2.45) is 0 Å². The Balaban J connectivity index is 0.00000168. The van der Waals surface area contributed by atoms with Gasteiger partial charge in [-0.3, -0.25) is 14.3 Å². The van der Waals surface area contributed by atoms with Gasteiger partial charge in [0.2, 0.25) is 0 Å². The molecule has 0 saturated carbocycles. The van der Waals surface area contributed by atoms with E-state index in [1.54, 1.807) is 0 Å². The Labute approximate surface area is 158 Å². The van der Waals surface area contributed by atoms with Crippen molar-refractivity contribution >= 4 is 23.3 Å². The summed E-state index contributed by atoms with van der Waals surface area (Å²) in [7, 11) is 0. The van der Waals surface area contributed by atoms with Crippen LogP contribution in [0.5, 0.6) is 0 Å². The molecule has 1 saturated heterocycles. The second kappa shape index (κ2) is 6.86. The van der Waals surface area contributed by atoms with Gasteiger partial charge in [0.1, 0.15) is 5.82 Å². The highest BCUT2D eigenvalue weighted by molar-refractivity contribution is 5.85. The number of aromatic nitrogens is 2. The molecule has 3 heterocycles. The van der Waals surface area contributed by atoms with Crippen LogP contribution >= 0.6 is 12.4 Å². The molecule has 5 rings (SSSR count). The van der Waals surface area contributed by atoms with Crippen molar-refractivity contribution in [2.45, 2.75) is 44.4 Å². The maximum atomic E-state index is 13.0. The minimum Gasteiger partial charge on any atom is -0.294 e. The van der Waals surface area contributed by atoms with Crippen LogP contribution in [0.15, 0.2) is 59.4 Å². The fraction of sp³-hybridized carbons (Fsp3) is 0.333. The van der Waals surface area contributed by atoms with Crippen LogP contribution in [0.3, 0.4) is 0 Å². The first kappa shape index (κ1) is 17.3. The molecular formula is C21H22ClN3O. The predicted octanol–water partition coefficient (Wildman–Crippen LogP) is 3.41. The Hall–Kier alpha value is -2.17. The Morgan fingerprint density at radius 1 is 0.962 bits per heavy atom. The quantitative estimate of drug-likeness (QED) is 0.696. The third-order valence-corrected chi connectivity index (χ3v) is 5.73. The van der Waals surface area contributed by atoms with Gasteiger partial charge in [0, 0.05) is 31.6 Å².